The average molecular weight is 401 g/mol. The third-order valence-corrected chi connectivity index (χ3v) is 8.25. The zero-order chi connectivity index (χ0) is 20.6. The van der Waals surface area contributed by atoms with Crippen LogP contribution in [0.15, 0.2) is 35.2 Å². The van der Waals surface area contributed by atoms with E-state index in [-0.39, 0.29) is 18.9 Å². The minimum atomic E-state index is -3.79. The molecule has 1 N–H and O–H groups in total. The number of hydrogen-bond donors (Lipinski definition) is 1. The van der Waals surface area contributed by atoms with Crippen molar-refractivity contribution in [2.24, 2.45) is 0 Å². The molecule has 28 heavy (non-hydrogen) atoms. The van der Waals surface area contributed by atoms with E-state index in [1.807, 2.05) is 65.0 Å². The van der Waals surface area contributed by atoms with Gasteiger partial charge in [0, 0.05) is 19.5 Å². The van der Waals surface area contributed by atoms with Gasteiger partial charge in [-0.05, 0) is 68.0 Å². The number of nitrogens with zero attached hydrogens (tertiary/aromatic N) is 1. The van der Waals surface area contributed by atoms with E-state index in [0.29, 0.717) is 11.4 Å². The summed E-state index contributed by atoms with van der Waals surface area (Å²) >= 11 is 0. The second-order valence-corrected chi connectivity index (χ2v) is 9.38. The van der Waals surface area contributed by atoms with Crippen molar-refractivity contribution in [2.75, 3.05) is 13.1 Å². The van der Waals surface area contributed by atoms with Crippen LogP contribution < -0.4 is 5.32 Å². The summed E-state index contributed by atoms with van der Waals surface area (Å²) in [6.45, 7) is 10.3. The molecule has 1 atom stereocenters. The van der Waals surface area contributed by atoms with Crippen LogP contribution in [0.3, 0.4) is 0 Å². The normalized spacial score (nSPS) is 18.6. The van der Waals surface area contributed by atoms with Gasteiger partial charge in [-0.3, -0.25) is 4.79 Å². The number of carbonyl (C=O) groups excluding carboxylic acids is 1. The van der Waals surface area contributed by atoms with Gasteiger partial charge in [0.25, 0.3) is 0 Å². The Morgan fingerprint density at radius 2 is 1.43 bits per heavy atom. The lowest BCUT2D eigenvalue weighted by Crippen LogP contribution is -2.37. The lowest BCUT2D eigenvalue weighted by Gasteiger charge is -2.31. The molecular weight excluding hydrogens is 372 g/mol. The summed E-state index contributed by atoms with van der Waals surface area (Å²) in [5.74, 6) is -0.128. The van der Waals surface area contributed by atoms with Crippen LogP contribution in [0, 0.1) is 34.6 Å². The predicted molar refractivity (Wildman–Crippen MR) is 111 cm³/mol. The SMILES string of the molecule is Cc1c(C)c(C)c(S(=O)(=O)N2CCNC(=O)CC2c2ccccc2)c(C)c1C. The molecule has 0 bridgehead atoms. The van der Waals surface area contributed by atoms with Gasteiger partial charge in [0.15, 0.2) is 0 Å². The van der Waals surface area contributed by atoms with Gasteiger partial charge >= 0.3 is 0 Å². The van der Waals surface area contributed by atoms with Crippen LogP contribution in [0.1, 0.15) is 45.8 Å². The molecule has 1 fully saturated rings. The largest absolute Gasteiger partial charge is 0.355 e. The molecule has 0 spiro atoms. The Morgan fingerprint density at radius 1 is 0.893 bits per heavy atom. The van der Waals surface area contributed by atoms with Crippen molar-refractivity contribution in [1.29, 1.82) is 0 Å². The van der Waals surface area contributed by atoms with Crippen LogP contribution in [-0.2, 0) is 14.8 Å². The van der Waals surface area contributed by atoms with Gasteiger partial charge in [0.05, 0.1) is 10.9 Å². The van der Waals surface area contributed by atoms with E-state index in [2.05, 4.69) is 5.32 Å². The van der Waals surface area contributed by atoms with Gasteiger partial charge in [0.2, 0.25) is 15.9 Å². The third-order valence-electron chi connectivity index (χ3n) is 6.06. The first-order chi connectivity index (χ1) is 13.2. The molecule has 1 unspecified atom stereocenters. The van der Waals surface area contributed by atoms with Crippen molar-refractivity contribution < 1.29 is 13.2 Å². The zero-order valence-corrected chi connectivity index (χ0v) is 18.0. The highest BCUT2D eigenvalue weighted by molar-refractivity contribution is 7.89. The fraction of sp³-hybridized carbons (Fsp3) is 0.409. The van der Waals surface area contributed by atoms with Crippen LogP contribution in [-0.4, -0.2) is 31.7 Å². The Morgan fingerprint density at radius 3 is 2.00 bits per heavy atom. The van der Waals surface area contributed by atoms with E-state index in [0.717, 1.165) is 33.4 Å². The van der Waals surface area contributed by atoms with E-state index in [1.54, 1.807) is 0 Å². The molecule has 1 aliphatic heterocycles. The standard InChI is InChI=1S/C22H28N2O3S/c1-14-15(2)17(4)22(18(5)16(14)3)28(26,27)24-12-11-23-21(25)13-20(24)19-9-7-6-8-10-19/h6-10,20H,11-13H2,1-5H3,(H,23,25). The first kappa shape index (κ1) is 20.6. The highest BCUT2D eigenvalue weighted by atomic mass is 32.2. The lowest BCUT2D eigenvalue weighted by molar-refractivity contribution is -0.121. The fourth-order valence-electron chi connectivity index (χ4n) is 4.03. The van der Waals surface area contributed by atoms with E-state index >= 15 is 0 Å². The number of hydrogen-bond acceptors (Lipinski definition) is 3. The number of rotatable bonds is 3. The molecule has 5 nitrogen and oxygen atoms in total. The molecule has 0 aliphatic carbocycles. The van der Waals surface area contributed by atoms with Gasteiger partial charge < -0.3 is 5.32 Å². The molecule has 2 aromatic rings. The molecule has 1 aliphatic rings. The summed E-state index contributed by atoms with van der Waals surface area (Å²) in [4.78, 5) is 12.6. The Balaban J connectivity index is 2.20. The molecular formula is C22H28N2O3S. The Bertz CT molecular complexity index is 985. The van der Waals surface area contributed by atoms with Crippen molar-refractivity contribution in [3.63, 3.8) is 0 Å². The van der Waals surface area contributed by atoms with Crippen molar-refractivity contribution in [2.45, 2.75) is 52.0 Å². The van der Waals surface area contributed by atoms with Crippen molar-refractivity contribution in [3.05, 3.63) is 63.7 Å². The number of benzene rings is 2. The van der Waals surface area contributed by atoms with E-state index in [1.165, 1.54) is 4.31 Å². The van der Waals surface area contributed by atoms with E-state index < -0.39 is 16.1 Å². The summed E-state index contributed by atoms with van der Waals surface area (Å²) in [5, 5.41) is 2.81. The molecule has 2 aromatic carbocycles. The maximum absolute atomic E-state index is 13.9. The Kier molecular flexibility index (Phi) is 5.64. The predicted octanol–water partition coefficient (Wildman–Crippen LogP) is 3.48. The highest BCUT2D eigenvalue weighted by Crippen LogP contribution is 2.36. The molecule has 3 rings (SSSR count). The first-order valence-electron chi connectivity index (χ1n) is 9.56. The molecule has 0 radical (unpaired) electrons. The summed E-state index contributed by atoms with van der Waals surface area (Å²) in [6.07, 6.45) is 0.116. The summed E-state index contributed by atoms with van der Waals surface area (Å²) < 4.78 is 29.3. The Labute approximate surface area is 167 Å². The maximum atomic E-state index is 13.9. The van der Waals surface area contributed by atoms with Gasteiger partial charge in [-0.25, -0.2) is 8.42 Å². The quantitative estimate of drug-likeness (QED) is 0.858. The topological polar surface area (TPSA) is 66.5 Å². The molecule has 1 amide bonds. The summed E-state index contributed by atoms with van der Waals surface area (Å²) in [5.41, 5.74) is 5.54. The van der Waals surface area contributed by atoms with E-state index in [4.69, 9.17) is 0 Å². The second-order valence-electron chi connectivity index (χ2n) is 7.55. The van der Waals surface area contributed by atoms with Gasteiger partial charge in [-0.2, -0.15) is 4.31 Å². The van der Waals surface area contributed by atoms with Crippen LogP contribution in [0.5, 0.6) is 0 Å². The molecule has 1 heterocycles. The number of carbonyl (C=O) groups is 1. The van der Waals surface area contributed by atoms with Crippen LogP contribution >= 0.6 is 0 Å². The van der Waals surface area contributed by atoms with Crippen LogP contribution in [0.4, 0.5) is 0 Å². The summed E-state index contributed by atoms with van der Waals surface area (Å²) in [7, 11) is -3.79. The zero-order valence-electron chi connectivity index (χ0n) is 17.2. The average Bonchev–Trinajstić information content (AvgIpc) is 2.87. The fourth-order valence-corrected chi connectivity index (χ4v) is 6.21. The second kappa shape index (κ2) is 7.68. The van der Waals surface area contributed by atoms with Gasteiger partial charge in [-0.15, -0.1) is 0 Å². The van der Waals surface area contributed by atoms with Gasteiger partial charge in [0.1, 0.15) is 0 Å². The van der Waals surface area contributed by atoms with Crippen LogP contribution in [0.25, 0.3) is 0 Å². The third kappa shape index (κ3) is 3.47. The minimum absolute atomic E-state index is 0.116. The molecule has 6 heteroatoms. The highest BCUT2D eigenvalue weighted by Gasteiger charge is 2.37. The number of nitrogens with one attached hydrogen (secondary N) is 1. The van der Waals surface area contributed by atoms with Gasteiger partial charge in [-0.1, -0.05) is 30.3 Å². The minimum Gasteiger partial charge on any atom is -0.355 e. The molecule has 150 valence electrons. The summed E-state index contributed by atoms with van der Waals surface area (Å²) in [6, 6.07) is 8.89. The van der Waals surface area contributed by atoms with Crippen molar-refractivity contribution >= 4 is 15.9 Å². The lowest BCUT2D eigenvalue weighted by atomic mass is 9.95. The molecule has 0 aromatic heterocycles. The monoisotopic (exact) mass is 400 g/mol. The number of amides is 1. The Hall–Kier alpha value is -2.18. The smallest absolute Gasteiger partial charge is 0.244 e. The molecule has 0 saturated carbocycles. The van der Waals surface area contributed by atoms with Crippen LogP contribution in [0.2, 0.25) is 0 Å². The number of sulfonamides is 1. The maximum Gasteiger partial charge on any atom is 0.244 e. The van der Waals surface area contributed by atoms with Crippen molar-refractivity contribution in [3.8, 4) is 0 Å². The molecule has 1 saturated heterocycles. The van der Waals surface area contributed by atoms with Crippen molar-refractivity contribution in [1.82, 2.24) is 9.62 Å². The first-order valence-corrected chi connectivity index (χ1v) is 11.0. The van der Waals surface area contributed by atoms with E-state index in [9.17, 15) is 13.2 Å².